The Hall–Kier alpha value is -1.51. The highest BCUT2D eigenvalue weighted by molar-refractivity contribution is 6.31. The zero-order valence-electron chi connectivity index (χ0n) is 11.6. The van der Waals surface area contributed by atoms with Crippen molar-refractivity contribution in [2.75, 3.05) is 0 Å². The molecule has 0 amide bonds. The topological polar surface area (TPSA) is 29.5 Å². The lowest BCUT2D eigenvalue weighted by atomic mass is 9.98. The Morgan fingerprint density at radius 1 is 1.20 bits per heavy atom. The first-order valence-electron chi connectivity index (χ1n) is 6.78. The molecule has 0 fully saturated rings. The van der Waals surface area contributed by atoms with E-state index in [0.717, 1.165) is 34.4 Å². The van der Waals surface area contributed by atoms with Crippen molar-refractivity contribution in [3.63, 3.8) is 0 Å². The van der Waals surface area contributed by atoms with Gasteiger partial charge in [0.25, 0.3) is 0 Å². The summed E-state index contributed by atoms with van der Waals surface area (Å²) in [6.07, 6.45) is 0.449. The molecule has 2 nitrogen and oxygen atoms in total. The van der Waals surface area contributed by atoms with Gasteiger partial charge in [-0.1, -0.05) is 29.8 Å². The number of halogens is 1. The Labute approximate surface area is 124 Å². The van der Waals surface area contributed by atoms with E-state index in [1.807, 2.05) is 43.3 Å². The number of hydrogen-bond acceptors (Lipinski definition) is 2. The van der Waals surface area contributed by atoms with Crippen molar-refractivity contribution in [1.82, 2.24) is 0 Å². The summed E-state index contributed by atoms with van der Waals surface area (Å²) < 4.78 is 5.68. The van der Waals surface area contributed by atoms with Crippen LogP contribution in [0.1, 0.15) is 35.3 Å². The number of aryl methyl sites for hydroxylation is 1. The van der Waals surface area contributed by atoms with Gasteiger partial charge in [-0.2, -0.15) is 0 Å². The fourth-order valence-corrected chi connectivity index (χ4v) is 2.77. The van der Waals surface area contributed by atoms with Crippen LogP contribution in [0, 0.1) is 6.92 Å². The van der Waals surface area contributed by atoms with E-state index in [1.165, 1.54) is 0 Å². The van der Waals surface area contributed by atoms with E-state index >= 15 is 0 Å². The molecule has 20 heavy (non-hydrogen) atoms. The van der Waals surface area contributed by atoms with Crippen LogP contribution in [-0.2, 0) is 6.42 Å². The molecule has 1 aliphatic heterocycles. The maximum atomic E-state index is 10.5. The molecular weight excluding hydrogens is 272 g/mol. The third-order valence-electron chi connectivity index (χ3n) is 3.75. The maximum absolute atomic E-state index is 10.5. The van der Waals surface area contributed by atoms with E-state index in [9.17, 15) is 5.11 Å². The normalized spacial score (nSPS) is 18.5. The molecule has 0 bridgehead atoms. The number of benzene rings is 2. The van der Waals surface area contributed by atoms with E-state index in [2.05, 4.69) is 6.92 Å². The first-order valence-corrected chi connectivity index (χ1v) is 7.16. The van der Waals surface area contributed by atoms with Crippen molar-refractivity contribution in [3.8, 4) is 5.75 Å². The van der Waals surface area contributed by atoms with Gasteiger partial charge >= 0.3 is 0 Å². The fourth-order valence-electron chi connectivity index (χ4n) is 2.58. The largest absolute Gasteiger partial charge is 0.490 e. The molecule has 2 unspecified atom stereocenters. The van der Waals surface area contributed by atoms with E-state index in [1.54, 1.807) is 0 Å². The maximum Gasteiger partial charge on any atom is 0.123 e. The third-order valence-corrected chi connectivity index (χ3v) is 4.15. The van der Waals surface area contributed by atoms with Gasteiger partial charge in [0, 0.05) is 11.4 Å². The first-order chi connectivity index (χ1) is 9.54. The molecule has 1 heterocycles. The minimum atomic E-state index is -0.658. The molecule has 3 rings (SSSR count). The second-order valence-electron chi connectivity index (χ2n) is 5.41. The van der Waals surface area contributed by atoms with E-state index < -0.39 is 6.10 Å². The van der Waals surface area contributed by atoms with Gasteiger partial charge < -0.3 is 9.84 Å². The Bertz CT molecular complexity index is 651. The van der Waals surface area contributed by atoms with Gasteiger partial charge in [-0.15, -0.1) is 0 Å². The number of hydrogen-bond donors (Lipinski definition) is 1. The number of aliphatic hydroxyl groups is 1. The van der Waals surface area contributed by atoms with Crippen LogP contribution in [0.4, 0.5) is 0 Å². The van der Waals surface area contributed by atoms with Gasteiger partial charge in [0.1, 0.15) is 18.0 Å². The molecule has 0 spiro atoms. The highest BCUT2D eigenvalue weighted by Gasteiger charge is 2.21. The van der Waals surface area contributed by atoms with Crippen LogP contribution < -0.4 is 4.74 Å². The van der Waals surface area contributed by atoms with Crippen LogP contribution >= 0.6 is 11.6 Å². The van der Waals surface area contributed by atoms with Crippen LogP contribution in [0.2, 0.25) is 5.02 Å². The lowest BCUT2D eigenvalue weighted by molar-refractivity contribution is 0.220. The third kappa shape index (κ3) is 2.41. The lowest BCUT2D eigenvalue weighted by Gasteiger charge is -2.13. The van der Waals surface area contributed by atoms with Crippen molar-refractivity contribution in [2.45, 2.75) is 32.5 Å². The van der Waals surface area contributed by atoms with Crippen LogP contribution in [0.3, 0.4) is 0 Å². The average molecular weight is 289 g/mol. The van der Waals surface area contributed by atoms with Gasteiger partial charge in [-0.05, 0) is 54.3 Å². The van der Waals surface area contributed by atoms with Crippen molar-refractivity contribution in [3.05, 3.63) is 63.7 Å². The lowest BCUT2D eigenvalue weighted by Crippen LogP contribution is -2.05. The second-order valence-corrected chi connectivity index (χ2v) is 5.82. The van der Waals surface area contributed by atoms with Gasteiger partial charge in [0.05, 0.1) is 0 Å². The monoisotopic (exact) mass is 288 g/mol. The molecule has 2 aromatic rings. The number of rotatable bonds is 2. The second kappa shape index (κ2) is 5.12. The standard InChI is InChI=1S/C17H17ClO2/c1-10-3-4-13(9-15(10)18)17(19)12-5-6-16-14(8-12)7-11(2)20-16/h3-6,8-9,11,17,19H,7H2,1-2H3. The zero-order chi connectivity index (χ0) is 14.3. The molecule has 0 radical (unpaired) electrons. The molecule has 1 N–H and O–H groups in total. The Balaban J connectivity index is 1.93. The summed E-state index contributed by atoms with van der Waals surface area (Å²) in [5, 5.41) is 11.2. The van der Waals surface area contributed by atoms with E-state index in [-0.39, 0.29) is 6.10 Å². The minimum Gasteiger partial charge on any atom is -0.490 e. The molecule has 0 saturated heterocycles. The predicted molar refractivity (Wildman–Crippen MR) is 80.5 cm³/mol. The fraction of sp³-hybridized carbons (Fsp3) is 0.294. The summed E-state index contributed by atoms with van der Waals surface area (Å²) in [6.45, 7) is 4.00. The molecule has 3 heteroatoms. The van der Waals surface area contributed by atoms with Crippen LogP contribution in [0.5, 0.6) is 5.75 Å². The summed E-state index contributed by atoms with van der Waals surface area (Å²) >= 11 is 6.13. The minimum absolute atomic E-state index is 0.214. The average Bonchev–Trinajstić information content (AvgIpc) is 2.80. The Morgan fingerprint density at radius 2 is 1.90 bits per heavy atom. The predicted octanol–water partition coefficient (Wildman–Crippen LogP) is 4.05. The summed E-state index contributed by atoms with van der Waals surface area (Å²) in [7, 11) is 0. The highest BCUT2D eigenvalue weighted by atomic mass is 35.5. The van der Waals surface area contributed by atoms with Gasteiger partial charge in [-0.25, -0.2) is 0 Å². The molecular formula is C17H17ClO2. The SMILES string of the molecule is Cc1ccc(C(O)c2ccc3c(c2)CC(C)O3)cc1Cl. The number of aliphatic hydroxyl groups excluding tert-OH is 1. The van der Waals surface area contributed by atoms with Crippen LogP contribution in [0.15, 0.2) is 36.4 Å². The molecule has 2 aromatic carbocycles. The summed E-state index contributed by atoms with van der Waals surface area (Å²) in [5.74, 6) is 0.926. The zero-order valence-corrected chi connectivity index (χ0v) is 12.3. The quantitative estimate of drug-likeness (QED) is 0.903. The summed E-state index contributed by atoms with van der Waals surface area (Å²) in [6, 6.07) is 11.5. The summed E-state index contributed by atoms with van der Waals surface area (Å²) in [4.78, 5) is 0. The molecule has 0 aromatic heterocycles. The highest BCUT2D eigenvalue weighted by Crippen LogP contribution is 2.33. The molecule has 0 saturated carbocycles. The Morgan fingerprint density at radius 3 is 2.65 bits per heavy atom. The van der Waals surface area contributed by atoms with Crippen molar-refractivity contribution < 1.29 is 9.84 Å². The van der Waals surface area contributed by atoms with Crippen molar-refractivity contribution in [2.24, 2.45) is 0 Å². The van der Waals surface area contributed by atoms with Crippen molar-refractivity contribution in [1.29, 1.82) is 0 Å². The first kappa shape index (κ1) is 13.5. The molecule has 2 atom stereocenters. The van der Waals surface area contributed by atoms with Crippen LogP contribution in [0.25, 0.3) is 0 Å². The Kier molecular flexibility index (Phi) is 3.45. The molecule has 0 aliphatic carbocycles. The van der Waals surface area contributed by atoms with Gasteiger partial charge in [0.15, 0.2) is 0 Å². The number of fused-ring (bicyclic) bond motifs is 1. The number of ether oxygens (including phenoxy) is 1. The van der Waals surface area contributed by atoms with E-state index in [0.29, 0.717) is 5.02 Å². The van der Waals surface area contributed by atoms with Gasteiger partial charge in [0.2, 0.25) is 0 Å². The smallest absolute Gasteiger partial charge is 0.123 e. The summed E-state index contributed by atoms with van der Waals surface area (Å²) in [5.41, 5.74) is 3.86. The van der Waals surface area contributed by atoms with Gasteiger partial charge in [-0.3, -0.25) is 0 Å². The molecule has 1 aliphatic rings. The van der Waals surface area contributed by atoms with E-state index in [4.69, 9.17) is 16.3 Å². The molecule has 104 valence electrons. The van der Waals surface area contributed by atoms with Crippen LogP contribution in [-0.4, -0.2) is 11.2 Å². The van der Waals surface area contributed by atoms with Crippen molar-refractivity contribution >= 4 is 11.6 Å².